The van der Waals surface area contributed by atoms with Gasteiger partial charge in [0, 0.05) is 31.7 Å². The Labute approximate surface area is 166 Å². The lowest BCUT2D eigenvalue weighted by Crippen LogP contribution is -2.39. The highest BCUT2D eigenvalue weighted by atomic mass is 19.1. The Balaban J connectivity index is 1.53. The molecule has 0 bridgehead atoms. The van der Waals surface area contributed by atoms with Crippen molar-refractivity contribution in [3.8, 4) is 11.5 Å². The Hall–Kier alpha value is -3.29. The van der Waals surface area contributed by atoms with Gasteiger partial charge in [-0.05, 0) is 43.2 Å². The van der Waals surface area contributed by atoms with Crippen molar-refractivity contribution in [2.45, 2.75) is 18.8 Å². The van der Waals surface area contributed by atoms with E-state index < -0.39 is 11.6 Å². The first-order chi connectivity index (χ1) is 14.1. The number of likely N-dealkylation sites (tertiary alicyclic amines) is 1. The van der Waals surface area contributed by atoms with Crippen molar-refractivity contribution in [3.63, 3.8) is 0 Å². The second kappa shape index (κ2) is 7.98. The summed E-state index contributed by atoms with van der Waals surface area (Å²) in [6.45, 7) is 1.00. The molecule has 150 valence electrons. The molecule has 0 aliphatic carbocycles. The van der Waals surface area contributed by atoms with E-state index in [0.29, 0.717) is 30.2 Å². The number of hydrogen-bond donors (Lipinski definition) is 1. The summed E-state index contributed by atoms with van der Waals surface area (Å²) in [5.41, 5.74) is 1.10. The van der Waals surface area contributed by atoms with Gasteiger partial charge in [-0.15, -0.1) is 0 Å². The Bertz CT molecular complexity index is 1040. The van der Waals surface area contributed by atoms with Crippen molar-refractivity contribution in [1.82, 2.24) is 15.0 Å². The van der Waals surface area contributed by atoms with Crippen LogP contribution in [0, 0.1) is 11.6 Å². The van der Waals surface area contributed by atoms with E-state index in [0.717, 1.165) is 12.8 Å². The number of aromatic nitrogens is 2. The van der Waals surface area contributed by atoms with Crippen LogP contribution in [-0.2, 0) is 0 Å². The first-order valence-corrected chi connectivity index (χ1v) is 9.42. The standard InChI is InChI=1S/C21H20F2N4O2/c1-24-18-11-14(22)8-9-16(18)21(28)27-10-4-5-13(12-27)19-25-20(29-26-19)15-6-2-3-7-17(15)23/h2-3,6-9,11,13,24H,4-5,10,12H2,1H3. The molecule has 0 radical (unpaired) electrons. The minimum atomic E-state index is -0.431. The van der Waals surface area contributed by atoms with Gasteiger partial charge in [0.2, 0.25) is 0 Å². The first kappa shape index (κ1) is 19.0. The van der Waals surface area contributed by atoms with Crippen LogP contribution in [0.4, 0.5) is 14.5 Å². The Morgan fingerprint density at radius 2 is 2.07 bits per heavy atom. The average Bonchev–Trinajstić information content (AvgIpc) is 3.23. The molecule has 1 unspecified atom stereocenters. The highest BCUT2D eigenvalue weighted by molar-refractivity contribution is 5.99. The Kier molecular flexibility index (Phi) is 5.24. The van der Waals surface area contributed by atoms with Gasteiger partial charge in [0.05, 0.1) is 11.1 Å². The molecule has 1 amide bonds. The molecule has 2 aromatic carbocycles. The molecule has 1 aliphatic rings. The summed E-state index contributed by atoms with van der Waals surface area (Å²) < 4.78 is 32.7. The van der Waals surface area contributed by atoms with Gasteiger partial charge < -0.3 is 14.7 Å². The second-order valence-corrected chi connectivity index (χ2v) is 6.97. The topological polar surface area (TPSA) is 71.3 Å². The van der Waals surface area contributed by atoms with Crippen LogP contribution in [0.1, 0.15) is 34.9 Å². The molecule has 4 rings (SSSR count). The number of carbonyl (C=O) groups is 1. The molecule has 2 heterocycles. The molecule has 6 nitrogen and oxygen atoms in total. The molecule has 1 aliphatic heterocycles. The van der Waals surface area contributed by atoms with Crippen LogP contribution in [-0.4, -0.2) is 41.1 Å². The van der Waals surface area contributed by atoms with Crippen molar-refractivity contribution < 1.29 is 18.1 Å². The Morgan fingerprint density at radius 1 is 1.24 bits per heavy atom. The molecular weight excluding hydrogens is 378 g/mol. The zero-order chi connectivity index (χ0) is 20.4. The second-order valence-electron chi connectivity index (χ2n) is 6.97. The van der Waals surface area contributed by atoms with Crippen molar-refractivity contribution in [3.05, 3.63) is 65.5 Å². The van der Waals surface area contributed by atoms with Gasteiger partial charge in [-0.1, -0.05) is 17.3 Å². The van der Waals surface area contributed by atoms with Crippen LogP contribution in [0.25, 0.3) is 11.5 Å². The van der Waals surface area contributed by atoms with Crippen molar-refractivity contribution >= 4 is 11.6 Å². The molecule has 0 spiro atoms. The lowest BCUT2D eigenvalue weighted by Gasteiger charge is -2.31. The number of nitrogens with zero attached hydrogens (tertiary/aromatic N) is 3. The smallest absolute Gasteiger partial charge is 0.260 e. The molecule has 29 heavy (non-hydrogen) atoms. The predicted molar refractivity (Wildman–Crippen MR) is 104 cm³/mol. The fourth-order valence-corrected chi connectivity index (χ4v) is 3.60. The summed E-state index contributed by atoms with van der Waals surface area (Å²) in [6.07, 6.45) is 1.57. The predicted octanol–water partition coefficient (Wildman–Crippen LogP) is 4.08. The molecule has 1 aromatic heterocycles. The normalized spacial score (nSPS) is 16.7. The van der Waals surface area contributed by atoms with E-state index in [1.54, 1.807) is 30.1 Å². The van der Waals surface area contributed by atoms with Crippen LogP contribution in [0.3, 0.4) is 0 Å². The van der Waals surface area contributed by atoms with Gasteiger partial charge in [0.15, 0.2) is 5.82 Å². The van der Waals surface area contributed by atoms with E-state index in [2.05, 4.69) is 15.5 Å². The fraction of sp³-hybridized carbons (Fsp3) is 0.286. The van der Waals surface area contributed by atoms with Crippen molar-refractivity contribution in [2.24, 2.45) is 0 Å². The van der Waals surface area contributed by atoms with Gasteiger partial charge in [0.25, 0.3) is 11.8 Å². The molecule has 8 heteroatoms. The zero-order valence-electron chi connectivity index (χ0n) is 15.9. The summed E-state index contributed by atoms with van der Waals surface area (Å²) in [7, 11) is 1.65. The number of rotatable bonds is 4. The van der Waals surface area contributed by atoms with E-state index >= 15 is 0 Å². The van der Waals surface area contributed by atoms with E-state index in [1.807, 2.05) is 0 Å². The van der Waals surface area contributed by atoms with E-state index in [1.165, 1.54) is 24.3 Å². The van der Waals surface area contributed by atoms with Gasteiger partial charge in [-0.2, -0.15) is 4.98 Å². The first-order valence-electron chi connectivity index (χ1n) is 9.42. The maximum absolute atomic E-state index is 14.0. The van der Waals surface area contributed by atoms with E-state index in [-0.39, 0.29) is 23.3 Å². The van der Waals surface area contributed by atoms with Crippen molar-refractivity contribution in [1.29, 1.82) is 0 Å². The average molecular weight is 398 g/mol. The molecule has 0 saturated carbocycles. The largest absolute Gasteiger partial charge is 0.387 e. The number of anilines is 1. The van der Waals surface area contributed by atoms with Gasteiger partial charge in [-0.25, -0.2) is 8.78 Å². The number of carbonyl (C=O) groups excluding carboxylic acids is 1. The highest BCUT2D eigenvalue weighted by Gasteiger charge is 2.30. The number of hydrogen-bond acceptors (Lipinski definition) is 5. The third-order valence-corrected chi connectivity index (χ3v) is 5.10. The van der Waals surface area contributed by atoms with E-state index in [9.17, 15) is 13.6 Å². The van der Waals surface area contributed by atoms with Crippen LogP contribution in [0.2, 0.25) is 0 Å². The molecule has 1 fully saturated rings. The molecular formula is C21H20F2N4O2. The lowest BCUT2D eigenvalue weighted by atomic mass is 9.96. The summed E-state index contributed by atoms with van der Waals surface area (Å²) >= 11 is 0. The monoisotopic (exact) mass is 398 g/mol. The molecule has 1 atom stereocenters. The lowest BCUT2D eigenvalue weighted by molar-refractivity contribution is 0.0704. The number of benzene rings is 2. The Morgan fingerprint density at radius 3 is 2.86 bits per heavy atom. The summed E-state index contributed by atoms with van der Waals surface area (Å²) in [4.78, 5) is 19.1. The maximum Gasteiger partial charge on any atom is 0.260 e. The van der Waals surface area contributed by atoms with E-state index in [4.69, 9.17) is 4.52 Å². The van der Waals surface area contributed by atoms with Crippen LogP contribution in [0.15, 0.2) is 47.0 Å². The number of nitrogens with one attached hydrogen (secondary N) is 1. The van der Waals surface area contributed by atoms with Gasteiger partial charge >= 0.3 is 0 Å². The number of amides is 1. The summed E-state index contributed by atoms with van der Waals surface area (Å²) in [5, 5.41) is 6.88. The van der Waals surface area contributed by atoms with Gasteiger partial charge in [0.1, 0.15) is 11.6 Å². The quantitative estimate of drug-likeness (QED) is 0.717. The number of piperidine rings is 1. The van der Waals surface area contributed by atoms with Crippen molar-refractivity contribution in [2.75, 3.05) is 25.5 Å². The SMILES string of the molecule is CNc1cc(F)ccc1C(=O)N1CCCC(c2noc(-c3ccccc3F)n2)C1. The summed E-state index contributed by atoms with van der Waals surface area (Å²) in [6, 6.07) is 10.3. The highest BCUT2D eigenvalue weighted by Crippen LogP contribution is 2.29. The molecule has 1 saturated heterocycles. The molecule has 1 N–H and O–H groups in total. The minimum absolute atomic E-state index is 0.115. The third kappa shape index (κ3) is 3.83. The zero-order valence-corrected chi connectivity index (χ0v) is 15.9. The third-order valence-electron chi connectivity index (χ3n) is 5.10. The van der Waals surface area contributed by atoms with Crippen LogP contribution in [0.5, 0.6) is 0 Å². The maximum atomic E-state index is 14.0. The fourth-order valence-electron chi connectivity index (χ4n) is 3.60. The molecule has 3 aromatic rings. The van der Waals surface area contributed by atoms with Gasteiger partial charge in [-0.3, -0.25) is 4.79 Å². The van der Waals surface area contributed by atoms with Crippen LogP contribution < -0.4 is 5.32 Å². The number of halogens is 2. The minimum Gasteiger partial charge on any atom is -0.387 e. The summed E-state index contributed by atoms with van der Waals surface area (Å²) in [5.74, 6) is -0.562. The van der Waals surface area contributed by atoms with Crippen LogP contribution >= 0.6 is 0 Å².